The number of hydrazone groups is 1. The molecule has 3 rings (SSSR count). The fourth-order valence-electron chi connectivity index (χ4n) is 2.69. The van der Waals surface area contributed by atoms with Gasteiger partial charge in [0.15, 0.2) is 11.5 Å². The van der Waals surface area contributed by atoms with Crippen LogP contribution in [0.3, 0.4) is 0 Å². The van der Waals surface area contributed by atoms with Crippen molar-refractivity contribution >= 4 is 50.8 Å². The number of carbonyl (C=O) groups is 1. The zero-order chi connectivity index (χ0) is 22.5. The predicted molar refractivity (Wildman–Crippen MR) is 122 cm³/mol. The molecule has 0 saturated heterocycles. The molecule has 162 valence electrons. The summed E-state index contributed by atoms with van der Waals surface area (Å²) in [6.07, 6.45) is 2.24. The van der Waals surface area contributed by atoms with Crippen LogP contribution in [0.2, 0.25) is 5.02 Å². The summed E-state index contributed by atoms with van der Waals surface area (Å²) in [5.41, 5.74) is 3.04. The highest BCUT2D eigenvalue weighted by Crippen LogP contribution is 2.37. The molecule has 0 aliphatic carbocycles. The number of nitrogens with one attached hydrogen (secondary N) is 1. The van der Waals surface area contributed by atoms with E-state index in [4.69, 9.17) is 21.1 Å². The molecule has 8 nitrogen and oxygen atoms in total. The van der Waals surface area contributed by atoms with Crippen molar-refractivity contribution in [1.29, 1.82) is 0 Å². The van der Waals surface area contributed by atoms with Gasteiger partial charge < -0.3 is 9.47 Å². The van der Waals surface area contributed by atoms with Crippen molar-refractivity contribution < 1.29 is 19.2 Å². The second-order valence-electron chi connectivity index (χ2n) is 6.66. The number of fused-ring (bicyclic) bond motifs is 1. The molecule has 0 bridgehead atoms. The average molecular weight is 462 g/mol. The number of nitro benzene ring substituents is 1. The van der Waals surface area contributed by atoms with Gasteiger partial charge in [-0.1, -0.05) is 18.5 Å². The molecule has 1 N–H and O–H groups in total. The number of hydrogen-bond donors (Lipinski definition) is 1. The molecule has 1 heterocycles. The maximum Gasteiger partial charge on any atom is 0.281 e. The quantitative estimate of drug-likeness (QED) is 0.274. The highest BCUT2D eigenvalue weighted by atomic mass is 35.5. The van der Waals surface area contributed by atoms with Gasteiger partial charge in [-0.15, -0.1) is 11.3 Å². The standard InChI is InChI=1S/C21H20ClN3O5S/c1-4-12(2)30-20-16(22)7-13(8-17(20)29-3)11-23-24-21(26)19-10-14-9-15(25(27)28)5-6-18(14)31-19/h5-12H,4H2,1-3H3,(H,24,26)/b23-11-/t12-/m1/s1. The summed E-state index contributed by atoms with van der Waals surface area (Å²) < 4.78 is 11.9. The number of nitro groups is 1. The maximum absolute atomic E-state index is 12.4. The van der Waals surface area contributed by atoms with Gasteiger partial charge >= 0.3 is 0 Å². The van der Waals surface area contributed by atoms with Crippen molar-refractivity contribution in [3.8, 4) is 11.5 Å². The summed E-state index contributed by atoms with van der Waals surface area (Å²) in [5.74, 6) is 0.501. The van der Waals surface area contributed by atoms with Gasteiger partial charge in [-0.2, -0.15) is 5.10 Å². The summed E-state index contributed by atoms with van der Waals surface area (Å²) >= 11 is 7.56. The fourth-order valence-corrected chi connectivity index (χ4v) is 3.89. The first kappa shape index (κ1) is 22.5. The zero-order valence-corrected chi connectivity index (χ0v) is 18.6. The minimum Gasteiger partial charge on any atom is -0.493 e. The SMILES string of the molecule is CC[C@@H](C)Oc1c(Cl)cc(/C=N\NC(=O)c2cc3cc([N+](=O)[O-])ccc3s2)cc1OC. The van der Waals surface area contributed by atoms with Crippen molar-refractivity contribution in [1.82, 2.24) is 5.43 Å². The summed E-state index contributed by atoms with van der Waals surface area (Å²) in [6.45, 7) is 3.94. The van der Waals surface area contributed by atoms with Crippen LogP contribution in [0.1, 0.15) is 35.5 Å². The molecule has 1 atom stereocenters. The Hall–Kier alpha value is -3.17. The number of benzene rings is 2. The minimum absolute atomic E-state index is 0.0204. The number of non-ortho nitro benzene ring substituents is 1. The van der Waals surface area contributed by atoms with Gasteiger partial charge in [-0.05, 0) is 43.2 Å². The molecule has 0 saturated carbocycles. The number of rotatable bonds is 8. The summed E-state index contributed by atoms with van der Waals surface area (Å²) in [7, 11) is 1.52. The Bertz CT molecular complexity index is 1160. The topological polar surface area (TPSA) is 103 Å². The monoisotopic (exact) mass is 461 g/mol. The van der Waals surface area contributed by atoms with Gasteiger partial charge in [0.1, 0.15) is 0 Å². The Balaban J connectivity index is 1.74. The molecule has 2 aromatic carbocycles. The summed E-state index contributed by atoms with van der Waals surface area (Å²) in [6, 6.07) is 9.43. The number of nitrogens with zero attached hydrogens (tertiary/aromatic N) is 2. The molecule has 0 aliphatic rings. The number of thiophene rings is 1. The highest BCUT2D eigenvalue weighted by molar-refractivity contribution is 7.20. The Kier molecular flexibility index (Phi) is 7.09. The van der Waals surface area contributed by atoms with E-state index in [1.807, 2.05) is 13.8 Å². The first-order valence-corrected chi connectivity index (χ1v) is 10.6. The van der Waals surface area contributed by atoms with Crippen LogP contribution >= 0.6 is 22.9 Å². The van der Waals surface area contributed by atoms with E-state index in [0.29, 0.717) is 32.3 Å². The lowest BCUT2D eigenvalue weighted by Gasteiger charge is -2.17. The molecule has 1 aromatic heterocycles. The number of carbonyl (C=O) groups excluding carboxylic acids is 1. The van der Waals surface area contributed by atoms with E-state index >= 15 is 0 Å². The Labute approximate surface area is 187 Å². The molecular formula is C21H20ClN3O5S. The predicted octanol–water partition coefficient (Wildman–Crippen LogP) is 5.41. The Morgan fingerprint density at radius 3 is 2.81 bits per heavy atom. The van der Waals surface area contributed by atoms with Crippen LogP contribution in [0.15, 0.2) is 41.5 Å². The van der Waals surface area contributed by atoms with Crippen molar-refractivity contribution in [2.45, 2.75) is 26.4 Å². The van der Waals surface area contributed by atoms with E-state index in [2.05, 4.69) is 10.5 Å². The highest BCUT2D eigenvalue weighted by Gasteiger charge is 2.15. The molecule has 0 unspecified atom stereocenters. The van der Waals surface area contributed by atoms with Gasteiger partial charge in [0.25, 0.3) is 11.6 Å². The van der Waals surface area contributed by atoms with E-state index in [1.54, 1.807) is 24.3 Å². The Morgan fingerprint density at radius 2 is 2.13 bits per heavy atom. The van der Waals surface area contributed by atoms with Crippen LogP contribution < -0.4 is 14.9 Å². The van der Waals surface area contributed by atoms with Crippen molar-refractivity contribution in [2.24, 2.45) is 5.10 Å². The molecule has 10 heteroatoms. The smallest absolute Gasteiger partial charge is 0.281 e. The van der Waals surface area contributed by atoms with Crippen LogP contribution in [0.25, 0.3) is 10.1 Å². The van der Waals surface area contributed by atoms with E-state index in [-0.39, 0.29) is 11.8 Å². The number of methoxy groups -OCH3 is 1. The number of halogens is 1. The Morgan fingerprint density at radius 1 is 1.35 bits per heavy atom. The molecule has 0 aliphatic heterocycles. The fraction of sp³-hybridized carbons (Fsp3) is 0.238. The third-order valence-corrected chi connectivity index (χ3v) is 5.86. The van der Waals surface area contributed by atoms with Crippen LogP contribution in [0, 0.1) is 10.1 Å². The van der Waals surface area contributed by atoms with Crippen LogP contribution in [0.4, 0.5) is 5.69 Å². The molecule has 0 spiro atoms. The first-order valence-electron chi connectivity index (χ1n) is 9.38. The third kappa shape index (κ3) is 5.31. The number of ether oxygens (including phenoxy) is 2. The van der Waals surface area contributed by atoms with E-state index in [1.165, 1.54) is 36.8 Å². The van der Waals surface area contributed by atoms with Crippen molar-refractivity contribution in [3.05, 3.63) is 62.0 Å². The van der Waals surface area contributed by atoms with Crippen LogP contribution in [0.5, 0.6) is 11.5 Å². The zero-order valence-electron chi connectivity index (χ0n) is 17.0. The normalized spacial score (nSPS) is 12.1. The van der Waals surface area contributed by atoms with Crippen molar-refractivity contribution in [3.63, 3.8) is 0 Å². The largest absolute Gasteiger partial charge is 0.493 e. The van der Waals surface area contributed by atoms with Crippen LogP contribution in [-0.4, -0.2) is 30.3 Å². The average Bonchev–Trinajstić information content (AvgIpc) is 3.18. The van der Waals surface area contributed by atoms with E-state index < -0.39 is 10.8 Å². The van der Waals surface area contributed by atoms with Gasteiger partial charge in [0.05, 0.1) is 34.3 Å². The molecule has 0 radical (unpaired) electrons. The lowest BCUT2D eigenvalue weighted by molar-refractivity contribution is -0.384. The van der Waals surface area contributed by atoms with Gasteiger partial charge in [0, 0.05) is 22.2 Å². The second kappa shape index (κ2) is 9.76. The van der Waals surface area contributed by atoms with Gasteiger partial charge in [-0.25, -0.2) is 5.43 Å². The number of amides is 1. The number of hydrogen-bond acceptors (Lipinski definition) is 7. The van der Waals surface area contributed by atoms with Gasteiger partial charge in [-0.3, -0.25) is 14.9 Å². The van der Waals surface area contributed by atoms with Crippen molar-refractivity contribution in [2.75, 3.05) is 7.11 Å². The molecule has 3 aromatic rings. The molecule has 0 fully saturated rings. The lowest BCUT2D eigenvalue weighted by atomic mass is 10.2. The molecule has 31 heavy (non-hydrogen) atoms. The van der Waals surface area contributed by atoms with Crippen LogP contribution in [-0.2, 0) is 0 Å². The molecular weight excluding hydrogens is 442 g/mol. The van der Waals surface area contributed by atoms with E-state index in [9.17, 15) is 14.9 Å². The maximum atomic E-state index is 12.4. The van der Waals surface area contributed by atoms with E-state index in [0.717, 1.165) is 11.1 Å². The van der Waals surface area contributed by atoms with Gasteiger partial charge in [0.2, 0.25) is 0 Å². The summed E-state index contributed by atoms with van der Waals surface area (Å²) in [5, 5.41) is 15.9. The third-order valence-electron chi connectivity index (χ3n) is 4.46. The summed E-state index contributed by atoms with van der Waals surface area (Å²) in [4.78, 5) is 23.2. The second-order valence-corrected chi connectivity index (χ2v) is 8.15. The molecule has 1 amide bonds. The first-order chi connectivity index (χ1) is 14.8. The minimum atomic E-state index is -0.472. The lowest BCUT2D eigenvalue weighted by Crippen LogP contribution is -2.16.